The lowest BCUT2D eigenvalue weighted by atomic mass is 10.1. The minimum atomic E-state index is -0.643. The number of benzene rings is 2. The van der Waals surface area contributed by atoms with Gasteiger partial charge >= 0.3 is 5.97 Å². The average Bonchev–Trinajstić information content (AvgIpc) is 3.07. The average molecular weight is 494 g/mol. The van der Waals surface area contributed by atoms with Crippen LogP contribution in [0.3, 0.4) is 0 Å². The maximum atomic E-state index is 12.5. The Morgan fingerprint density at radius 2 is 1.83 bits per heavy atom. The van der Waals surface area contributed by atoms with Gasteiger partial charge in [0.25, 0.3) is 0 Å². The lowest BCUT2D eigenvalue weighted by molar-refractivity contribution is -0.136. The van der Waals surface area contributed by atoms with Crippen molar-refractivity contribution >= 4 is 17.8 Å². The Labute approximate surface area is 208 Å². The summed E-state index contributed by atoms with van der Waals surface area (Å²) in [5, 5.41) is 3.92. The van der Waals surface area contributed by atoms with Crippen LogP contribution >= 0.6 is 0 Å². The van der Waals surface area contributed by atoms with Crippen LogP contribution < -0.4 is 18.9 Å². The summed E-state index contributed by atoms with van der Waals surface area (Å²) in [7, 11) is 1.53. The van der Waals surface area contributed by atoms with Gasteiger partial charge < -0.3 is 28.2 Å². The van der Waals surface area contributed by atoms with Gasteiger partial charge in [0.15, 0.2) is 35.4 Å². The number of aromatic nitrogens is 1. The number of ketones is 1. The van der Waals surface area contributed by atoms with E-state index in [0.29, 0.717) is 53.1 Å². The number of carbonyl (C=O) groups excluding carboxylic acids is 2. The van der Waals surface area contributed by atoms with Gasteiger partial charge in [0.2, 0.25) is 0 Å². The fraction of sp³-hybridized carbons (Fsp3) is 0.296. The molecule has 2 heterocycles. The molecule has 0 spiro atoms. The van der Waals surface area contributed by atoms with E-state index >= 15 is 0 Å². The third-order valence-electron chi connectivity index (χ3n) is 5.57. The summed E-state index contributed by atoms with van der Waals surface area (Å²) >= 11 is 0. The highest BCUT2D eigenvalue weighted by molar-refractivity contribution is 5.99. The van der Waals surface area contributed by atoms with Crippen molar-refractivity contribution in [3.05, 3.63) is 70.6 Å². The van der Waals surface area contributed by atoms with Gasteiger partial charge in [-0.3, -0.25) is 4.79 Å². The fourth-order valence-corrected chi connectivity index (χ4v) is 3.53. The Balaban J connectivity index is 1.32. The fourth-order valence-electron chi connectivity index (χ4n) is 3.53. The van der Waals surface area contributed by atoms with Crippen molar-refractivity contribution in [3.63, 3.8) is 0 Å². The summed E-state index contributed by atoms with van der Waals surface area (Å²) in [4.78, 5) is 24.6. The second-order valence-electron chi connectivity index (χ2n) is 8.08. The molecule has 0 unspecified atom stereocenters. The summed E-state index contributed by atoms with van der Waals surface area (Å²) in [6.45, 7) is 4.66. The molecule has 188 valence electrons. The van der Waals surface area contributed by atoms with Crippen molar-refractivity contribution in [2.75, 3.05) is 26.9 Å². The molecule has 1 aliphatic heterocycles. The van der Waals surface area contributed by atoms with E-state index in [2.05, 4.69) is 5.16 Å². The number of esters is 1. The summed E-state index contributed by atoms with van der Waals surface area (Å²) in [5.74, 6) is 1.87. The zero-order valence-electron chi connectivity index (χ0n) is 20.4. The molecule has 0 fully saturated rings. The van der Waals surface area contributed by atoms with Gasteiger partial charge in [-0.1, -0.05) is 11.2 Å². The minimum Gasteiger partial charge on any atom is -0.493 e. The number of rotatable bonds is 9. The van der Waals surface area contributed by atoms with Crippen LogP contribution in [-0.2, 0) is 16.1 Å². The zero-order chi connectivity index (χ0) is 25.5. The van der Waals surface area contributed by atoms with Gasteiger partial charge in [-0.25, -0.2) is 4.79 Å². The summed E-state index contributed by atoms with van der Waals surface area (Å²) < 4.78 is 32.7. The predicted molar refractivity (Wildman–Crippen MR) is 130 cm³/mol. The van der Waals surface area contributed by atoms with E-state index in [1.54, 1.807) is 42.5 Å². The maximum Gasteiger partial charge on any atom is 0.331 e. The SMILES string of the molecule is COc1cc(/C=C/C(=O)OCC(=O)c2ccc3c(c2)OCCCO3)ccc1OCc1c(C)noc1C. The van der Waals surface area contributed by atoms with Gasteiger partial charge in [-0.15, -0.1) is 0 Å². The number of hydrogen-bond donors (Lipinski definition) is 0. The van der Waals surface area contributed by atoms with E-state index in [9.17, 15) is 9.59 Å². The number of aryl methyl sites for hydroxylation is 2. The van der Waals surface area contributed by atoms with Gasteiger partial charge in [-0.2, -0.15) is 0 Å². The first-order valence-corrected chi connectivity index (χ1v) is 11.4. The molecule has 1 aromatic heterocycles. The summed E-state index contributed by atoms with van der Waals surface area (Å²) in [5.41, 5.74) is 2.73. The van der Waals surface area contributed by atoms with E-state index in [1.807, 2.05) is 13.8 Å². The predicted octanol–water partition coefficient (Wildman–Crippen LogP) is 4.48. The molecule has 4 rings (SSSR count). The Bertz CT molecular complexity index is 1260. The summed E-state index contributed by atoms with van der Waals surface area (Å²) in [6, 6.07) is 10.2. The molecule has 0 bridgehead atoms. The number of hydrogen-bond acceptors (Lipinski definition) is 9. The molecular weight excluding hydrogens is 466 g/mol. The molecule has 36 heavy (non-hydrogen) atoms. The van der Waals surface area contributed by atoms with Gasteiger partial charge in [-0.05, 0) is 55.8 Å². The quantitative estimate of drug-likeness (QED) is 0.242. The molecule has 0 aliphatic carbocycles. The number of ether oxygens (including phenoxy) is 5. The molecule has 0 radical (unpaired) electrons. The summed E-state index contributed by atoms with van der Waals surface area (Å²) in [6.07, 6.45) is 3.59. The highest BCUT2D eigenvalue weighted by Crippen LogP contribution is 2.31. The topological polar surface area (TPSA) is 106 Å². The van der Waals surface area contributed by atoms with Crippen LogP contribution in [0.15, 0.2) is 47.0 Å². The lowest BCUT2D eigenvalue weighted by Gasteiger charge is -2.11. The third kappa shape index (κ3) is 6.04. The van der Waals surface area contributed by atoms with Crippen molar-refractivity contribution in [2.24, 2.45) is 0 Å². The van der Waals surface area contributed by atoms with Crippen LogP contribution in [-0.4, -0.2) is 43.8 Å². The Morgan fingerprint density at radius 1 is 1.03 bits per heavy atom. The molecule has 9 heteroatoms. The molecule has 0 atom stereocenters. The van der Waals surface area contributed by atoms with E-state index < -0.39 is 5.97 Å². The molecular formula is C27H27NO8. The van der Waals surface area contributed by atoms with E-state index in [0.717, 1.165) is 17.7 Å². The number of methoxy groups -OCH3 is 1. The van der Waals surface area contributed by atoms with Crippen LogP contribution in [0.1, 0.15) is 39.4 Å². The number of carbonyl (C=O) groups is 2. The Hall–Kier alpha value is -4.27. The molecule has 9 nitrogen and oxygen atoms in total. The van der Waals surface area contributed by atoms with Gasteiger partial charge in [0, 0.05) is 18.1 Å². The maximum absolute atomic E-state index is 12.5. The zero-order valence-corrected chi connectivity index (χ0v) is 20.4. The molecule has 0 amide bonds. The third-order valence-corrected chi connectivity index (χ3v) is 5.57. The first kappa shape index (κ1) is 24.8. The molecule has 0 saturated heterocycles. The normalized spacial score (nSPS) is 12.8. The number of nitrogens with zero attached hydrogens (tertiary/aromatic N) is 1. The monoisotopic (exact) mass is 493 g/mol. The van der Waals surface area contributed by atoms with Crippen molar-refractivity contribution in [2.45, 2.75) is 26.9 Å². The van der Waals surface area contributed by atoms with Crippen LogP contribution in [0.25, 0.3) is 6.08 Å². The van der Waals surface area contributed by atoms with Crippen LogP contribution in [0.5, 0.6) is 23.0 Å². The van der Waals surface area contributed by atoms with Gasteiger partial charge in [0.05, 0.1) is 31.6 Å². The second kappa shape index (κ2) is 11.4. The Kier molecular flexibility index (Phi) is 7.89. The van der Waals surface area contributed by atoms with Crippen molar-refractivity contribution in [1.82, 2.24) is 5.16 Å². The minimum absolute atomic E-state index is 0.288. The van der Waals surface area contributed by atoms with Crippen LogP contribution in [0, 0.1) is 13.8 Å². The largest absolute Gasteiger partial charge is 0.493 e. The number of fused-ring (bicyclic) bond motifs is 1. The first-order chi connectivity index (χ1) is 17.4. The van der Waals surface area contributed by atoms with E-state index in [4.69, 9.17) is 28.2 Å². The first-order valence-electron chi connectivity index (χ1n) is 11.4. The van der Waals surface area contributed by atoms with Crippen molar-refractivity contribution in [1.29, 1.82) is 0 Å². The number of Topliss-reactive ketones (excluding diaryl/α,β-unsaturated/α-hetero) is 1. The second-order valence-corrected chi connectivity index (χ2v) is 8.08. The van der Waals surface area contributed by atoms with E-state index in [1.165, 1.54) is 13.2 Å². The van der Waals surface area contributed by atoms with E-state index in [-0.39, 0.29) is 19.0 Å². The molecule has 1 aliphatic rings. The Morgan fingerprint density at radius 3 is 2.58 bits per heavy atom. The molecule has 2 aromatic carbocycles. The molecule has 0 N–H and O–H groups in total. The molecule has 0 saturated carbocycles. The smallest absolute Gasteiger partial charge is 0.331 e. The van der Waals surface area contributed by atoms with Crippen molar-refractivity contribution < 1.29 is 37.8 Å². The molecule has 3 aromatic rings. The highest BCUT2D eigenvalue weighted by atomic mass is 16.5. The standard InChI is InChI=1S/C27H27NO8/c1-17-21(18(2)36-28-17)15-34-23-8-5-19(13-25(23)31-3)6-10-27(30)35-16-22(29)20-7-9-24-26(14-20)33-12-4-11-32-24/h5-10,13-14H,4,11-12,15-16H2,1-3H3/b10-6+. The highest BCUT2D eigenvalue weighted by Gasteiger charge is 2.15. The van der Waals surface area contributed by atoms with Gasteiger partial charge in [0.1, 0.15) is 12.4 Å². The van der Waals surface area contributed by atoms with Crippen LogP contribution in [0.4, 0.5) is 0 Å². The lowest BCUT2D eigenvalue weighted by Crippen LogP contribution is -2.12. The van der Waals surface area contributed by atoms with Crippen LogP contribution in [0.2, 0.25) is 0 Å². The van der Waals surface area contributed by atoms with Crippen molar-refractivity contribution in [3.8, 4) is 23.0 Å².